The van der Waals surface area contributed by atoms with Gasteiger partial charge in [0.05, 0.1) is 0 Å². The number of carbonyl (C=O) groups is 1. The van der Waals surface area contributed by atoms with E-state index in [1.807, 2.05) is 40.9 Å². The van der Waals surface area contributed by atoms with Crippen molar-refractivity contribution in [3.8, 4) is 0 Å². The molecule has 0 aromatic heterocycles. The van der Waals surface area contributed by atoms with Gasteiger partial charge in [-0.25, -0.2) is 0 Å². The number of esters is 1. The zero-order valence-corrected chi connectivity index (χ0v) is 9.54. The smallest absolute Gasteiger partial charge is 0.322 e. The van der Waals surface area contributed by atoms with Gasteiger partial charge in [-0.15, -0.1) is 11.8 Å². The van der Waals surface area contributed by atoms with Gasteiger partial charge in [0, 0.05) is 0 Å². The van der Waals surface area contributed by atoms with Crippen LogP contribution in [0.5, 0.6) is 0 Å². The summed E-state index contributed by atoms with van der Waals surface area (Å²) in [6, 6.07) is 0. The third-order valence-corrected chi connectivity index (χ3v) is 2.59. The van der Waals surface area contributed by atoms with E-state index in [-0.39, 0.29) is 11.6 Å². The highest BCUT2D eigenvalue weighted by atomic mass is 32.2. The minimum absolute atomic E-state index is 0.150. The molecule has 0 bridgehead atoms. The van der Waals surface area contributed by atoms with Gasteiger partial charge in [-0.05, 0) is 40.9 Å². The molecule has 0 aromatic carbocycles. The van der Waals surface area contributed by atoms with E-state index in [1.54, 1.807) is 0 Å². The van der Waals surface area contributed by atoms with Crippen LogP contribution >= 0.6 is 11.8 Å². The maximum atomic E-state index is 11.5. The minimum atomic E-state index is -0.437. The van der Waals surface area contributed by atoms with Crippen molar-refractivity contribution in [2.75, 3.05) is 6.26 Å². The van der Waals surface area contributed by atoms with Crippen molar-refractivity contribution in [1.82, 2.24) is 0 Å². The summed E-state index contributed by atoms with van der Waals surface area (Å²) >= 11 is 1.50. The normalized spacial score (nSPS) is 12.8. The van der Waals surface area contributed by atoms with Gasteiger partial charge in [0.2, 0.25) is 0 Å². The van der Waals surface area contributed by atoms with Gasteiger partial charge in [-0.2, -0.15) is 0 Å². The summed E-state index contributed by atoms with van der Waals surface area (Å²) in [5, 5.41) is 0. The van der Waals surface area contributed by atoms with Crippen LogP contribution in [0.3, 0.4) is 0 Å². The van der Waals surface area contributed by atoms with E-state index in [4.69, 9.17) is 4.74 Å². The first-order valence-electron chi connectivity index (χ1n) is 3.97. The molecule has 0 amide bonds. The standard InChI is InChI=1S/C9H18O2S/c1-8(2,3)11-7(10)9(4,5)12-6/h1-6H3. The zero-order chi connectivity index (χ0) is 9.99. The van der Waals surface area contributed by atoms with Crippen LogP contribution in [0, 0.1) is 0 Å². The van der Waals surface area contributed by atoms with Crippen LogP contribution in [-0.4, -0.2) is 22.6 Å². The second kappa shape index (κ2) is 3.69. The lowest BCUT2D eigenvalue weighted by Crippen LogP contribution is -2.36. The fraction of sp³-hybridized carbons (Fsp3) is 0.889. The number of carbonyl (C=O) groups excluding carboxylic acids is 1. The Labute approximate surface area is 79.1 Å². The second-order valence-corrected chi connectivity index (χ2v) is 5.65. The summed E-state index contributed by atoms with van der Waals surface area (Å²) in [5.74, 6) is -0.150. The summed E-state index contributed by atoms with van der Waals surface area (Å²) in [7, 11) is 0. The Kier molecular flexibility index (Phi) is 3.63. The first-order chi connectivity index (χ1) is 5.19. The summed E-state index contributed by atoms with van der Waals surface area (Å²) in [6.45, 7) is 9.36. The highest BCUT2D eigenvalue weighted by Crippen LogP contribution is 2.25. The lowest BCUT2D eigenvalue weighted by molar-refractivity contribution is -0.156. The largest absolute Gasteiger partial charge is 0.459 e. The van der Waals surface area contributed by atoms with Crippen LogP contribution in [0.15, 0.2) is 0 Å². The van der Waals surface area contributed by atoms with Crippen molar-refractivity contribution in [3.63, 3.8) is 0 Å². The molecular weight excluding hydrogens is 172 g/mol. The zero-order valence-electron chi connectivity index (χ0n) is 8.72. The van der Waals surface area contributed by atoms with Crippen molar-refractivity contribution in [2.24, 2.45) is 0 Å². The lowest BCUT2D eigenvalue weighted by Gasteiger charge is -2.26. The molecule has 0 fully saturated rings. The Bertz CT molecular complexity index is 168. The quantitative estimate of drug-likeness (QED) is 0.626. The molecule has 0 N–H and O–H groups in total. The van der Waals surface area contributed by atoms with Crippen molar-refractivity contribution >= 4 is 17.7 Å². The third kappa shape index (κ3) is 4.00. The van der Waals surface area contributed by atoms with Crippen LogP contribution < -0.4 is 0 Å². The van der Waals surface area contributed by atoms with E-state index in [1.165, 1.54) is 11.8 Å². The van der Waals surface area contributed by atoms with Crippen LogP contribution in [0.1, 0.15) is 34.6 Å². The number of ether oxygens (including phenoxy) is 1. The Morgan fingerprint density at radius 1 is 1.17 bits per heavy atom. The Hall–Kier alpha value is -0.180. The molecule has 0 radical (unpaired) electrons. The summed E-state index contributed by atoms with van der Waals surface area (Å²) in [6.07, 6.45) is 1.91. The molecule has 0 aromatic rings. The second-order valence-electron chi connectivity index (χ2n) is 4.22. The number of rotatable bonds is 2. The SMILES string of the molecule is CSC(C)(C)C(=O)OC(C)(C)C. The number of thioether (sulfide) groups is 1. The average Bonchev–Trinajstić information content (AvgIpc) is 1.84. The minimum Gasteiger partial charge on any atom is -0.459 e. The maximum absolute atomic E-state index is 11.5. The first-order valence-corrected chi connectivity index (χ1v) is 5.20. The van der Waals surface area contributed by atoms with Crippen molar-refractivity contribution in [2.45, 2.75) is 45.0 Å². The highest BCUT2D eigenvalue weighted by Gasteiger charge is 2.31. The molecule has 0 atom stereocenters. The van der Waals surface area contributed by atoms with Gasteiger partial charge < -0.3 is 4.74 Å². The lowest BCUT2D eigenvalue weighted by atomic mass is 10.1. The van der Waals surface area contributed by atoms with Crippen LogP contribution in [0.2, 0.25) is 0 Å². The van der Waals surface area contributed by atoms with Crippen molar-refractivity contribution in [1.29, 1.82) is 0 Å². The topological polar surface area (TPSA) is 26.3 Å². The summed E-state index contributed by atoms with van der Waals surface area (Å²) in [5.41, 5.74) is -0.385. The van der Waals surface area contributed by atoms with E-state index in [2.05, 4.69) is 0 Å². The van der Waals surface area contributed by atoms with E-state index < -0.39 is 4.75 Å². The molecule has 0 aliphatic carbocycles. The van der Waals surface area contributed by atoms with E-state index in [9.17, 15) is 4.79 Å². The van der Waals surface area contributed by atoms with E-state index in [0.717, 1.165) is 0 Å². The molecule has 0 aliphatic heterocycles. The molecule has 0 spiro atoms. The fourth-order valence-corrected chi connectivity index (χ4v) is 0.693. The molecule has 0 unspecified atom stereocenters. The third-order valence-electron chi connectivity index (χ3n) is 1.40. The Morgan fingerprint density at radius 3 is 1.83 bits per heavy atom. The van der Waals surface area contributed by atoms with Crippen LogP contribution in [-0.2, 0) is 9.53 Å². The summed E-state index contributed by atoms with van der Waals surface area (Å²) < 4.78 is 4.80. The fourth-order valence-electron chi connectivity index (χ4n) is 0.484. The van der Waals surface area contributed by atoms with Crippen molar-refractivity contribution < 1.29 is 9.53 Å². The predicted molar refractivity (Wildman–Crippen MR) is 53.4 cm³/mol. The van der Waals surface area contributed by atoms with Gasteiger partial charge in [0.15, 0.2) is 0 Å². The molecule has 2 nitrogen and oxygen atoms in total. The molecule has 0 saturated carbocycles. The monoisotopic (exact) mass is 190 g/mol. The summed E-state index contributed by atoms with van der Waals surface area (Å²) in [4.78, 5) is 11.5. The molecule has 0 saturated heterocycles. The maximum Gasteiger partial charge on any atom is 0.322 e. The Balaban J connectivity index is 4.23. The predicted octanol–water partition coefficient (Wildman–Crippen LogP) is 2.47. The van der Waals surface area contributed by atoms with Gasteiger partial charge in [0.25, 0.3) is 0 Å². The van der Waals surface area contributed by atoms with Gasteiger partial charge in [0.1, 0.15) is 10.3 Å². The number of hydrogen-bond acceptors (Lipinski definition) is 3. The van der Waals surface area contributed by atoms with Gasteiger partial charge in [-0.3, -0.25) is 4.79 Å². The first kappa shape index (κ1) is 11.8. The van der Waals surface area contributed by atoms with Crippen LogP contribution in [0.25, 0.3) is 0 Å². The highest BCUT2D eigenvalue weighted by molar-refractivity contribution is 8.00. The molecule has 0 aliphatic rings. The molecule has 12 heavy (non-hydrogen) atoms. The average molecular weight is 190 g/mol. The van der Waals surface area contributed by atoms with Crippen LogP contribution in [0.4, 0.5) is 0 Å². The van der Waals surface area contributed by atoms with E-state index >= 15 is 0 Å². The molecular formula is C9H18O2S. The van der Waals surface area contributed by atoms with E-state index in [0.29, 0.717) is 0 Å². The Morgan fingerprint density at radius 2 is 1.58 bits per heavy atom. The molecule has 0 rings (SSSR count). The van der Waals surface area contributed by atoms with Gasteiger partial charge >= 0.3 is 5.97 Å². The molecule has 0 heterocycles. The number of hydrogen-bond donors (Lipinski definition) is 0. The van der Waals surface area contributed by atoms with Crippen molar-refractivity contribution in [3.05, 3.63) is 0 Å². The molecule has 3 heteroatoms. The molecule has 72 valence electrons. The van der Waals surface area contributed by atoms with Gasteiger partial charge in [-0.1, -0.05) is 0 Å².